The molecule has 0 aromatic carbocycles. The highest BCUT2D eigenvalue weighted by molar-refractivity contribution is 6.29. The minimum atomic E-state index is -0.435. The van der Waals surface area contributed by atoms with Gasteiger partial charge >= 0.3 is 0 Å². The molecule has 2 heterocycles. The molecule has 1 N–H and O–H groups in total. The molecule has 0 aliphatic heterocycles. The molecular weight excluding hydrogens is 230 g/mol. The van der Waals surface area contributed by atoms with Crippen LogP contribution < -0.4 is 5.32 Å². The number of aromatic nitrogens is 4. The van der Waals surface area contributed by atoms with E-state index in [1.165, 1.54) is 31.0 Å². The second-order valence-electron chi connectivity index (χ2n) is 2.77. The second kappa shape index (κ2) is 4.63. The summed E-state index contributed by atoms with van der Waals surface area (Å²) >= 11 is 5.61. The van der Waals surface area contributed by atoms with Crippen LogP contribution in [-0.2, 0) is 0 Å². The van der Waals surface area contributed by atoms with Crippen LogP contribution in [0.15, 0.2) is 31.0 Å². The zero-order valence-electron chi connectivity index (χ0n) is 7.96. The van der Waals surface area contributed by atoms with Gasteiger partial charge in [0.2, 0.25) is 0 Å². The minimum Gasteiger partial charge on any atom is -0.304 e. The maximum atomic E-state index is 11.6. The molecule has 0 atom stereocenters. The summed E-state index contributed by atoms with van der Waals surface area (Å²) in [6.07, 6.45) is 7.07. The molecule has 7 heteroatoms. The van der Waals surface area contributed by atoms with Crippen molar-refractivity contribution in [1.82, 2.24) is 19.9 Å². The number of anilines is 1. The maximum absolute atomic E-state index is 11.6. The van der Waals surface area contributed by atoms with Crippen LogP contribution in [0.5, 0.6) is 0 Å². The number of hydrogen-bond acceptors (Lipinski definition) is 5. The van der Waals surface area contributed by atoms with Crippen molar-refractivity contribution in [2.45, 2.75) is 0 Å². The first-order chi connectivity index (χ1) is 7.75. The third-order valence-electron chi connectivity index (χ3n) is 1.64. The Bertz CT molecular complexity index is 504. The first-order valence-corrected chi connectivity index (χ1v) is 4.68. The third-order valence-corrected chi connectivity index (χ3v) is 1.82. The van der Waals surface area contributed by atoms with Gasteiger partial charge in [-0.25, -0.2) is 9.97 Å². The lowest BCUT2D eigenvalue weighted by atomic mass is 10.4. The van der Waals surface area contributed by atoms with Crippen molar-refractivity contribution in [2.24, 2.45) is 0 Å². The summed E-state index contributed by atoms with van der Waals surface area (Å²) in [5.74, 6) is -0.0928. The van der Waals surface area contributed by atoms with Crippen LogP contribution in [0.4, 0.5) is 5.82 Å². The molecule has 2 aromatic rings. The normalized spacial score (nSPS) is 9.81. The van der Waals surface area contributed by atoms with E-state index in [-0.39, 0.29) is 10.8 Å². The number of carbonyl (C=O) groups is 1. The molecule has 6 nitrogen and oxygen atoms in total. The molecule has 0 aliphatic rings. The Kier molecular flexibility index (Phi) is 3.02. The fourth-order valence-corrected chi connectivity index (χ4v) is 1.14. The van der Waals surface area contributed by atoms with Gasteiger partial charge in [0, 0.05) is 12.4 Å². The van der Waals surface area contributed by atoms with Gasteiger partial charge in [0.25, 0.3) is 5.91 Å². The number of halogens is 1. The van der Waals surface area contributed by atoms with Crippen LogP contribution >= 0.6 is 11.6 Å². The van der Waals surface area contributed by atoms with Crippen molar-refractivity contribution in [1.29, 1.82) is 0 Å². The minimum absolute atomic E-state index is 0.123. The van der Waals surface area contributed by atoms with E-state index >= 15 is 0 Å². The molecule has 0 saturated heterocycles. The molecule has 2 rings (SSSR count). The molecule has 0 aliphatic carbocycles. The fraction of sp³-hybridized carbons (Fsp3) is 0. The van der Waals surface area contributed by atoms with Gasteiger partial charge < -0.3 is 5.32 Å². The van der Waals surface area contributed by atoms with Gasteiger partial charge in [0.05, 0.1) is 18.6 Å². The van der Waals surface area contributed by atoms with Crippen molar-refractivity contribution in [3.8, 4) is 0 Å². The molecule has 80 valence electrons. The fourth-order valence-electron chi connectivity index (χ4n) is 0.996. The Hall–Kier alpha value is -2.08. The largest absolute Gasteiger partial charge is 0.304 e. The highest BCUT2D eigenvalue weighted by Gasteiger charge is 2.09. The maximum Gasteiger partial charge on any atom is 0.277 e. The van der Waals surface area contributed by atoms with E-state index < -0.39 is 5.91 Å². The van der Waals surface area contributed by atoms with E-state index in [0.717, 1.165) is 0 Å². The first-order valence-electron chi connectivity index (χ1n) is 4.30. The van der Waals surface area contributed by atoms with Crippen molar-refractivity contribution >= 4 is 23.3 Å². The average molecular weight is 236 g/mol. The Morgan fingerprint density at radius 1 is 1.19 bits per heavy atom. The zero-order chi connectivity index (χ0) is 11.4. The summed E-state index contributed by atoms with van der Waals surface area (Å²) in [7, 11) is 0. The molecule has 0 radical (unpaired) electrons. The topological polar surface area (TPSA) is 80.7 Å². The highest BCUT2D eigenvalue weighted by atomic mass is 35.5. The smallest absolute Gasteiger partial charge is 0.277 e. The molecule has 0 saturated carbocycles. The van der Waals surface area contributed by atoms with Crippen LogP contribution in [0, 0.1) is 0 Å². The SMILES string of the molecule is O=C(Nc1cnccn1)c1cncc(Cl)n1. The van der Waals surface area contributed by atoms with E-state index in [4.69, 9.17) is 11.6 Å². The van der Waals surface area contributed by atoms with Gasteiger partial charge in [-0.1, -0.05) is 11.6 Å². The lowest BCUT2D eigenvalue weighted by molar-refractivity contribution is 0.102. The molecule has 1 amide bonds. The number of nitrogens with one attached hydrogen (secondary N) is 1. The van der Waals surface area contributed by atoms with Crippen LogP contribution in [0.2, 0.25) is 5.15 Å². The van der Waals surface area contributed by atoms with Crippen molar-refractivity contribution in [3.63, 3.8) is 0 Å². The highest BCUT2D eigenvalue weighted by Crippen LogP contribution is 2.05. The second-order valence-corrected chi connectivity index (χ2v) is 3.16. The summed E-state index contributed by atoms with van der Waals surface area (Å²) in [5.41, 5.74) is 0.123. The van der Waals surface area contributed by atoms with E-state index in [2.05, 4.69) is 25.3 Å². The summed E-state index contributed by atoms with van der Waals surface area (Å²) in [6.45, 7) is 0. The van der Waals surface area contributed by atoms with Crippen molar-refractivity contribution < 1.29 is 4.79 Å². The summed E-state index contributed by atoms with van der Waals surface area (Å²) < 4.78 is 0. The lowest BCUT2D eigenvalue weighted by Crippen LogP contribution is -2.15. The molecule has 0 spiro atoms. The quantitative estimate of drug-likeness (QED) is 0.845. The van der Waals surface area contributed by atoms with Crippen molar-refractivity contribution in [3.05, 3.63) is 41.8 Å². The van der Waals surface area contributed by atoms with Gasteiger partial charge in [0.1, 0.15) is 10.8 Å². The number of nitrogens with zero attached hydrogens (tertiary/aromatic N) is 4. The molecule has 0 fully saturated rings. The van der Waals surface area contributed by atoms with Crippen LogP contribution in [-0.4, -0.2) is 25.8 Å². The monoisotopic (exact) mass is 235 g/mol. The Balaban J connectivity index is 2.15. The number of amides is 1. The lowest BCUT2D eigenvalue weighted by Gasteiger charge is -2.02. The number of carbonyl (C=O) groups excluding carboxylic acids is 1. The van der Waals surface area contributed by atoms with Crippen molar-refractivity contribution in [2.75, 3.05) is 5.32 Å². The van der Waals surface area contributed by atoms with E-state index in [0.29, 0.717) is 5.82 Å². The van der Waals surface area contributed by atoms with E-state index in [1.807, 2.05) is 0 Å². The Morgan fingerprint density at radius 2 is 2.06 bits per heavy atom. The Morgan fingerprint density at radius 3 is 2.75 bits per heavy atom. The molecule has 2 aromatic heterocycles. The summed E-state index contributed by atoms with van der Waals surface area (Å²) in [4.78, 5) is 26.9. The standard InChI is InChI=1S/C9H6ClN5O/c10-7-4-12-3-6(14-7)9(16)15-8-5-11-1-2-13-8/h1-5H,(H,13,15,16). The van der Waals surface area contributed by atoms with Crippen LogP contribution in [0.3, 0.4) is 0 Å². The molecule has 0 bridgehead atoms. The summed E-state index contributed by atoms with van der Waals surface area (Å²) in [5, 5.41) is 2.67. The van der Waals surface area contributed by atoms with E-state index in [9.17, 15) is 4.79 Å². The first kappa shape index (κ1) is 10.4. The van der Waals surface area contributed by atoms with Gasteiger partial charge in [-0.3, -0.25) is 14.8 Å². The summed E-state index contributed by atoms with van der Waals surface area (Å²) in [6, 6.07) is 0. The van der Waals surface area contributed by atoms with E-state index in [1.54, 1.807) is 0 Å². The van der Waals surface area contributed by atoms with Crippen LogP contribution in [0.1, 0.15) is 10.5 Å². The van der Waals surface area contributed by atoms with Gasteiger partial charge in [0.15, 0.2) is 5.82 Å². The zero-order valence-corrected chi connectivity index (χ0v) is 8.72. The Labute approximate surface area is 95.7 Å². The predicted molar refractivity (Wildman–Crippen MR) is 57.0 cm³/mol. The molecular formula is C9H6ClN5O. The number of hydrogen-bond donors (Lipinski definition) is 1. The van der Waals surface area contributed by atoms with Gasteiger partial charge in [-0.2, -0.15) is 0 Å². The van der Waals surface area contributed by atoms with Gasteiger partial charge in [-0.05, 0) is 0 Å². The molecule has 0 unspecified atom stereocenters. The molecule has 16 heavy (non-hydrogen) atoms. The average Bonchev–Trinajstić information content (AvgIpc) is 2.30. The van der Waals surface area contributed by atoms with Crippen LogP contribution in [0.25, 0.3) is 0 Å². The number of rotatable bonds is 2. The van der Waals surface area contributed by atoms with Gasteiger partial charge in [-0.15, -0.1) is 0 Å². The predicted octanol–water partition coefficient (Wildman–Crippen LogP) is 1.17. The third kappa shape index (κ3) is 2.48.